The molecule has 0 spiro atoms. The molecule has 0 unspecified atom stereocenters. The fourth-order valence-electron chi connectivity index (χ4n) is 1.55. The van der Waals surface area contributed by atoms with Crippen molar-refractivity contribution < 1.29 is 17.7 Å². The maximum Gasteiger partial charge on any atom is 0.304 e. The summed E-state index contributed by atoms with van der Waals surface area (Å²) in [7, 11) is -4.10. The van der Waals surface area contributed by atoms with Gasteiger partial charge in [0, 0.05) is 12.1 Å². The third-order valence-corrected chi connectivity index (χ3v) is 4.24. The highest BCUT2D eigenvalue weighted by molar-refractivity contribution is 7.92. The minimum Gasteiger partial charge on any atom is -0.278 e. The molecule has 0 fully saturated rings. The molecule has 6 nitrogen and oxygen atoms in total. The third kappa shape index (κ3) is 3.29. The van der Waals surface area contributed by atoms with Crippen molar-refractivity contribution in [2.45, 2.75) is 4.90 Å². The van der Waals surface area contributed by atoms with E-state index in [2.05, 4.69) is 4.72 Å². The maximum atomic E-state index is 13.5. The smallest absolute Gasteiger partial charge is 0.278 e. The number of anilines is 1. The number of halogens is 2. The molecule has 0 amide bonds. The van der Waals surface area contributed by atoms with E-state index in [0.29, 0.717) is 6.07 Å². The van der Waals surface area contributed by atoms with E-state index in [4.69, 9.17) is 11.6 Å². The van der Waals surface area contributed by atoms with Crippen LogP contribution < -0.4 is 4.72 Å². The van der Waals surface area contributed by atoms with Gasteiger partial charge in [-0.1, -0.05) is 23.7 Å². The molecule has 21 heavy (non-hydrogen) atoms. The Morgan fingerprint density at radius 2 is 1.86 bits per heavy atom. The zero-order valence-corrected chi connectivity index (χ0v) is 11.9. The molecular formula is C12H8ClFN2O4S. The molecule has 2 rings (SSSR count). The first kappa shape index (κ1) is 15.2. The molecular weight excluding hydrogens is 323 g/mol. The van der Waals surface area contributed by atoms with Crippen LogP contribution in [-0.2, 0) is 10.0 Å². The van der Waals surface area contributed by atoms with E-state index in [0.717, 1.165) is 12.1 Å². The predicted octanol–water partition coefficient (Wildman–Crippen LogP) is 3.19. The fourth-order valence-corrected chi connectivity index (χ4v) is 2.88. The molecule has 0 aliphatic carbocycles. The maximum absolute atomic E-state index is 13.5. The van der Waals surface area contributed by atoms with Crippen LogP contribution in [0.15, 0.2) is 47.4 Å². The summed E-state index contributed by atoms with van der Waals surface area (Å²) >= 11 is 5.83. The lowest BCUT2D eigenvalue weighted by Crippen LogP contribution is -2.13. The summed E-state index contributed by atoms with van der Waals surface area (Å²) < 4.78 is 39.8. The van der Waals surface area contributed by atoms with Gasteiger partial charge in [0.15, 0.2) is 0 Å². The number of nitro groups is 1. The van der Waals surface area contributed by atoms with Gasteiger partial charge in [0.25, 0.3) is 10.0 Å². The van der Waals surface area contributed by atoms with E-state index in [9.17, 15) is 22.9 Å². The SMILES string of the molecule is O=[N+]([O-])c1ccc(S(=O)(=O)Nc2ccccc2Cl)cc1F. The van der Waals surface area contributed by atoms with Crippen molar-refractivity contribution in [3.63, 3.8) is 0 Å². The Hall–Kier alpha value is -2.19. The predicted molar refractivity (Wildman–Crippen MR) is 75.3 cm³/mol. The number of nitro benzene ring substituents is 1. The fraction of sp³-hybridized carbons (Fsp3) is 0. The van der Waals surface area contributed by atoms with Gasteiger partial charge in [-0.25, -0.2) is 8.42 Å². The van der Waals surface area contributed by atoms with Crippen molar-refractivity contribution in [1.29, 1.82) is 0 Å². The number of sulfonamides is 1. The Morgan fingerprint density at radius 1 is 1.19 bits per heavy atom. The highest BCUT2D eigenvalue weighted by Crippen LogP contribution is 2.26. The monoisotopic (exact) mass is 330 g/mol. The van der Waals surface area contributed by atoms with Crippen LogP contribution >= 0.6 is 11.6 Å². The Bertz CT molecular complexity index is 811. The van der Waals surface area contributed by atoms with Gasteiger partial charge in [0.2, 0.25) is 5.82 Å². The summed E-state index contributed by atoms with van der Waals surface area (Å²) in [5.74, 6) is -1.23. The lowest BCUT2D eigenvalue weighted by Gasteiger charge is -2.09. The van der Waals surface area contributed by atoms with E-state index >= 15 is 0 Å². The van der Waals surface area contributed by atoms with Crippen LogP contribution in [0.5, 0.6) is 0 Å². The second kappa shape index (κ2) is 5.66. The number of rotatable bonds is 4. The third-order valence-electron chi connectivity index (χ3n) is 2.54. The Balaban J connectivity index is 2.39. The number of nitrogens with one attached hydrogen (secondary N) is 1. The zero-order chi connectivity index (χ0) is 15.6. The molecule has 0 radical (unpaired) electrons. The Morgan fingerprint density at radius 3 is 2.43 bits per heavy atom. The van der Waals surface area contributed by atoms with Crippen molar-refractivity contribution >= 4 is 33.0 Å². The van der Waals surface area contributed by atoms with Gasteiger partial charge in [-0.15, -0.1) is 0 Å². The number of benzene rings is 2. The molecule has 0 saturated carbocycles. The molecule has 0 aromatic heterocycles. The summed E-state index contributed by atoms with van der Waals surface area (Å²) in [5.41, 5.74) is -0.676. The lowest BCUT2D eigenvalue weighted by molar-refractivity contribution is -0.387. The van der Waals surface area contributed by atoms with Gasteiger partial charge in [-0.2, -0.15) is 4.39 Å². The van der Waals surface area contributed by atoms with E-state index in [1.54, 1.807) is 12.1 Å². The minimum atomic E-state index is -4.10. The average Bonchev–Trinajstić information content (AvgIpc) is 2.40. The van der Waals surface area contributed by atoms with E-state index in [-0.39, 0.29) is 10.7 Å². The molecule has 0 bridgehead atoms. The van der Waals surface area contributed by atoms with E-state index in [1.165, 1.54) is 12.1 Å². The Kier molecular flexibility index (Phi) is 4.10. The second-order valence-electron chi connectivity index (χ2n) is 3.96. The highest BCUT2D eigenvalue weighted by atomic mass is 35.5. The first-order valence-electron chi connectivity index (χ1n) is 5.52. The molecule has 0 atom stereocenters. The van der Waals surface area contributed by atoms with Crippen LogP contribution in [0.4, 0.5) is 15.8 Å². The van der Waals surface area contributed by atoms with Crippen LogP contribution in [0.2, 0.25) is 5.02 Å². The van der Waals surface area contributed by atoms with E-state index < -0.39 is 31.3 Å². The van der Waals surface area contributed by atoms with Gasteiger partial charge >= 0.3 is 5.69 Å². The van der Waals surface area contributed by atoms with Crippen molar-refractivity contribution in [1.82, 2.24) is 0 Å². The quantitative estimate of drug-likeness (QED) is 0.688. The summed E-state index contributed by atoms with van der Waals surface area (Å²) in [4.78, 5) is 9.12. The zero-order valence-electron chi connectivity index (χ0n) is 10.3. The summed E-state index contributed by atoms with van der Waals surface area (Å²) in [6, 6.07) is 8.41. The van der Waals surface area contributed by atoms with Crippen LogP contribution in [-0.4, -0.2) is 13.3 Å². The van der Waals surface area contributed by atoms with Crippen LogP contribution in [0.1, 0.15) is 0 Å². The number of nitrogens with zero attached hydrogens (tertiary/aromatic N) is 1. The topological polar surface area (TPSA) is 89.3 Å². The van der Waals surface area contributed by atoms with Gasteiger partial charge in [-0.3, -0.25) is 14.8 Å². The second-order valence-corrected chi connectivity index (χ2v) is 6.05. The summed E-state index contributed by atoms with van der Waals surface area (Å²) in [5, 5.41) is 10.7. The van der Waals surface area contributed by atoms with Crippen molar-refractivity contribution in [2.75, 3.05) is 4.72 Å². The van der Waals surface area contributed by atoms with Crippen LogP contribution in [0.25, 0.3) is 0 Å². The molecule has 2 aromatic rings. The van der Waals surface area contributed by atoms with Gasteiger partial charge in [0.1, 0.15) is 0 Å². The number of hydrogen-bond acceptors (Lipinski definition) is 4. The Labute approximate surface area is 124 Å². The molecule has 1 N–H and O–H groups in total. The standard InChI is InChI=1S/C12H8ClFN2O4S/c13-9-3-1-2-4-11(9)15-21(19,20)8-5-6-12(16(17)18)10(14)7-8/h1-7,15H. The first-order chi connectivity index (χ1) is 9.81. The highest BCUT2D eigenvalue weighted by Gasteiger charge is 2.21. The van der Waals surface area contributed by atoms with Crippen molar-refractivity contribution in [3.05, 3.63) is 63.4 Å². The number of para-hydroxylation sites is 1. The van der Waals surface area contributed by atoms with E-state index in [1.807, 2.05) is 0 Å². The van der Waals surface area contributed by atoms with Gasteiger partial charge in [0.05, 0.1) is 20.5 Å². The van der Waals surface area contributed by atoms with Gasteiger partial charge in [-0.05, 0) is 18.2 Å². The lowest BCUT2D eigenvalue weighted by atomic mass is 10.3. The molecule has 110 valence electrons. The normalized spacial score (nSPS) is 11.1. The number of hydrogen-bond donors (Lipinski definition) is 1. The molecule has 2 aromatic carbocycles. The largest absolute Gasteiger partial charge is 0.304 e. The average molecular weight is 331 g/mol. The molecule has 0 aliphatic rings. The molecule has 0 aliphatic heterocycles. The first-order valence-corrected chi connectivity index (χ1v) is 7.38. The summed E-state index contributed by atoms with van der Waals surface area (Å²) in [6.07, 6.45) is 0. The molecule has 9 heteroatoms. The summed E-state index contributed by atoms with van der Waals surface area (Å²) in [6.45, 7) is 0. The minimum absolute atomic E-state index is 0.123. The molecule has 0 saturated heterocycles. The van der Waals surface area contributed by atoms with Crippen LogP contribution in [0, 0.1) is 15.9 Å². The van der Waals surface area contributed by atoms with Crippen LogP contribution in [0.3, 0.4) is 0 Å². The van der Waals surface area contributed by atoms with Gasteiger partial charge < -0.3 is 0 Å². The molecule has 0 heterocycles. The van der Waals surface area contributed by atoms with Crippen molar-refractivity contribution in [3.8, 4) is 0 Å². The van der Waals surface area contributed by atoms with Crippen molar-refractivity contribution in [2.24, 2.45) is 0 Å².